The number of hydrogen-bond donors (Lipinski definition) is 2. The molecule has 0 aliphatic carbocycles. The van der Waals surface area contributed by atoms with Gasteiger partial charge in [0.1, 0.15) is 0 Å². The first-order valence-corrected chi connectivity index (χ1v) is 7.22. The summed E-state index contributed by atoms with van der Waals surface area (Å²) in [6, 6.07) is 18.1. The summed E-state index contributed by atoms with van der Waals surface area (Å²) in [6.07, 6.45) is 1.67. The lowest BCUT2D eigenvalue weighted by atomic mass is 10.1. The summed E-state index contributed by atoms with van der Waals surface area (Å²) in [5, 5.41) is 14.8. The molecule has 1 aromatic heterocycles. The predicted molar refractivity (Wildman–Crippen MR) is 86.0 cm³/mol. The van der Waals surface area contributed by atoms with E-state index in [1.54, 1.807) is 0 Å². The minimum atomic E-state index is -0.471. The van der Waals surface area contributed by atoms with Crippen LogP contribution in [0.4, 0.5) is 0 Å². The third-order valence-electron chi connectivity index (χ3n) is 3.82. The molecule has 1 heterocycles. The molecule has 0 spiro atoms. The molecule has 0 saturated carbocycles. The van der Waals surface area contributed by atoms with E-state index in [-0.39, 0.29) is 0 Å². The summed E-state index contributed by atoms with van der Waals surface area (Å²) in [5.74, 6) is 0. The highest BCUT2D eigenvalue weighted by Crippen LogP contribution is 2.20. The fourth-order valence-electron chi connectivity index (χ4n) is 2.70. The summed E-state index contributed by atoms with van der Waals surface area (Å²) in [4.78, 5) is 0. The standard InChI is InChI=1S/C18H20N2O/c1-20-13-15(16-9-5-6-10-17(16)20)11-19-12-18(21)14-7-3-2-4-8-14/h2-10,13,18-19,21H,11-12H2,1H3/t18-/m1/s1. The Labute approximate surface area is 124 Å². The van der Waals surface area contributed by atoms with E-state index in [1.165, 1.54) is 16.5 Å². The van der Waals surface area contributed by atoms with Gasteiger partial charge in [-0.1, -0.05) is 48.5 Å². The molecule has 3 aromatic rings. The molecule has 0 aliphatic heterocycles. The third kappa shape index (κ3) is 2.99. The highest BCUT2D eigenvalue weighted by molar-refractivity contribution is 5.83. The SMILES string of the molecule is Cn1cc(CNC[C@@H](O)c2ccccc2)c2ccccc21. The van der Waals surface area contributed by atoms with Gasteiger partial charge in [0.2, 0.25) is 0 Å². The fourth-order valence-corrected chi connectivity index (χ4v) is 2.70. The Bertz CT molecular complexity index is 718. The van der Waals surface area contributed by atoms with Crippen LogP contribution in [0, 0.1) is 0 Å². The number of nitrogens with zero attached hydrogens (tertiary/aromatic N) is 1. The zero-order chi connectivity index (χ0) is 14.7. The molecule has 0 aliphatic rings. The Morgan fingerprint density at radius 1 is 1.05 bits per heavy atom. The Morgan fingerprint density at radius 3 is 2.57 bits per heavy atom. The van der Waals surface area contributed by atoms with Crippen molar-refractivity contribution in [3.8, 4) is 0 Å². The first-order valence-electron chi connectivity index (χ1n) is 7.22. The maximum absolute atomic E-state index is 10.1. The van der Waals surface area contributed by atoms with Crippen LogP contribution >= 0.6 is 0 Å². The van der Waals surface area contributed by atoms with Crippen LogP contribution in [0.2, 0.25) is 0 Å². The van der Waals surface area contributed by atoms with Crippen molar-refractivity contribution in [2.45, 2.75) is 12.6 Å². The number of rotatable bonds is 5. The van der Waals surface area contributed by atoms with E-state index in [0.29, 0.717) is 6.54 Å². The van der Waals surface area contributed by atoms with E-state index < -0.39 is 6.10 Å². The molecule has 3 heteroatoms. The van der Waals surface area contributed by atoms with Crippen LogP contribution in [0.15, 0.2) is 60.8 Å². The summed E-state index contributed by atoms with van der Waals surface area (Å²) in [5.41, 5.74) is 3.44. The highest BCUT2D eigenvalue weighted by atomic mass is 16.3. The summed E-state index contributed by atoms with van der Waals surface area (Å²) < 4.78 is 2.14. The molecule has 0 saturated heterocycles. The maximum atomic E-state index is 10.1. The Balaban J connectivity index is 1.65. The minimum absolute atomic E-state index is 0.471. The van der Waals surface area contributed by atoms with Gasteiger partial charge in [0, 0.05) is 37.2 Å². The molecule has 1 atom stereocenters. The monoisotopic (exact) mass is 280 g/mol. The molecule has 2 N–H and O–H groups in total. The number of nitrogens with one attached hydrogen (secondary N) is 1. The molecule has 0 unspecified atom stereocenters. The molecular weight excluding hydrogens is 260 g/mol. The molecule has 0 radical (unpaired) electrons. The third-order valence-corrected chi connectivity index (χ3v) is 3.82. The van der Waals surface area contributed by atoms with Crippen molar-refractivity contribution in [2.24, 2.45) is 7.05 Å². The molecule has 3 nitrogen and oxygen atoms in total. The first kappa shape index (κ1) is 13.9. The number of hydrogen-bond acceptors (Lipinski definition) is 2. The van der Waals surface area contributed by atoms with Crippen LogP contribution in [0.5, 0.6) is 0 Å². The predicted octanol–water partition coefficient (Wildman–Crippen LogP) is 3.00. The molecular formula is C18H20N2O. The van der Waals surface area contributed by atoms with Crippen molar-refractivity contribution in [2.75, 3.05) is 6.54 Å². The quantitative estimate of drug-likeness (QED) is 0.754. The minimum Gasteiger partial charge on any atom is -0.387 e. The lowest BCUT2D eigenvalue weighted by Gasteiger charge is -2.11. The molecule has 21 heavy (non-hydrogen) atoms. The van der Waals surface area contributed by atoms with E-state index in [4.69, 9.17) is 0 Å². The smallest absolute Gasteiger partial charge is 0.0914 e. The van der Waals surface area contributed by atoms with Gasteiger partial charge in [0.05, 0.1) is 6.10 Å². The number of aryl methyl sites for hydroxylation is 1. The molecule has 108 valence electrons. The second-order valence-electron chi connectivity index (χ2n) is 5.34. The molecule has 0 bridgehead atoms. The second-order valence-corrected chi connectivity index (χ2v) is 5.34. The van der Waals surface area contributed by atoms with E-state index >= 15 is 0 Å². The zero-order valence-electron chi connectivity index (χ0n) is 12.2. The van der Waals surface area contributed by atoms with Gasteiger partial charge in [0.25, 0.3) is 0 Å². The first-order chi connectivity index (χ1) is 10.3. The van der Waals surface area contributed by atoms with Gasteiger partial charge in [-0.05, 0) is 17.2 Å². The van der Waals surface area contributed by atoms with Crippen molar-refractivity contribution in [1.29, 1.82) is 0 Å². The van der Waals surface area contributed by atoms with Crippen molar-refractivity contribution in [3.63, 3.8) is 0 Å². The van der Waals surface area contributed by atoms with Crippen LogP contribution in [0.1, 0.15) is 17.2 Å². The van der Waals surface area contributed by atoms with Crippen molar-refractivity contribution in [3.05, 3.63) is 71.9 Å². The fraction of sp³-hybridized carbons (Fsp3) is 0.222. The largest absolute Gasteiger partial charge is 0.387 e. The number of fused-ring (bicyclic) bond motifs is 1. The Hall–Kier alpha value is -2.10. The number of benzene rings is 2. The number of aliphatic hydroxyl groups is 1. The van der Waals surface area contributed by atoms with E-state index in [2.05, 4.69) is 47.4 Å². The van der Waals surface area contributed by atoms with Gasteiger partial charge in [-0.2, -0.15) is 0 Å². The molecule has 0 fully saturated rings. The molecule has 2 aromatic carbocycles. The Morgan fingerprint density at radius 2 is 1.76 bits per heavy atom. The summed E-state index contributed by atoms with van der Waals surface area (Å²) in [6.45, 7) is 1.30. The van der Waals surface area contributed by atoms with E-state index in [0.717, 1.165) is 12.1 Å². The number of aromatic nitrogens is 1. The normalized spacial score (nSPS) is 12.7. The van der Waals surface area contributed by atoms with Crippen LogP contribution < -0.4 is 5.32 Å². The van der Waals surface area contributed by atoms with Crippen molar-refractivity contribution in [1.82, 2.24) is 9.88 Å². The van der Waals surface area contributed by atoms with Crippen LogP contribution in [-0.4, -0.2) is 16.2 Å². The van der Waals surface area contributed by atoms with Gasteiger partial charge in [-0.3, -0.25) is 0 Å². The maximum Gasteiger partial charge on any atom is 0.0914 e. The topological polar surface area (TPSA) is 37.2 Å². The highest BCUT2D eigenvalue weighted by Gasteiger charge is 2.08. The lowest BCUT2D eigenvalue weighted by molar-refractivity contribution is 0.174. The van der Waals surface area contributed by atoms with Crippen LogP contribution in [0.3, 0.4) is 0 Å². The lowest BCUT2D eigenvalue weighted by Crippen LogP contribution is -2.20. The van der Waals surface area contributed by atoms with Crippen molar-refractivity contribution < 1.29 is 5.11 Å². The second kappa shape index (κ2) is 6.12. The van der Waals surface area contributed by atoms with Crippen molar-refractivity contribution >= 4 is 10.9 Å². The van der Waals surface area contributed by atoms with Crippen LogP contribution in [0.25, 0.3) is 10.9 Å². The number of para-hydroxylation sites is 1. The van der Waals surface area contributed by atoms with Gasteiger partial charge < -0.3 is 15.0 Å². The molecule has 0 amide bonds. The van der Waals surface area contributed by atoms with Gasteiger partial charge in [-0.25, -0.2) is 0 Å². The van der Waals surface area contributed by atoms with Gasteiger partial charge in [0.15, 0.2) is 0 Å². The van der Waals surface area contributed by atoms with E-state index in [1.807, 2.05) is 30.3 Å². The average Bonchev–Trinajstić information content (AvgIpc) is 2.85. The van der Waals surface area contributed by atoms with Crippen LogP contribution in [-0.2, 0) is 13.6 Å². The molecule has 3 rings (SSSR count). The average molecular weight is 280 g/mol. The Kier molecular flexibility index (Phi) is 4.04. The summed E-state index contributed by atoms with van der Waals surface area (Å²) in [7, 11) is 2.06. The number of aliphatic hydroxyl groups excluding tert-OH is 1. The van der Waals surface area contributed by atoms with E-state index in [9.17, 15) is 5.11 Å². The zero-order valence-corrected chi connectivity index (χ0v) is 12.2. The van der Waals surface area contributed by atoms with Gasteiger partial charge >= 0.3 is 0 Å². The van der Waals surface area contributed by atoms with Gasteiger partial charge in [-0.15, -0.1) is 0 Å². The summed E-state index contributed by atoms with van der Waals surface area (Å²) >= 11 is 0.